The van der Waals surface area contributed by atoms with Gasteiger partial charge in [0.15, 0.2) is 5.78 Å². The summed E-state index contributed by atoms with van der Waals surface area (Å²) in [5.41, 5.74) is 1.86. The van der Waals surface area contributed by atoms with Gasteiger partial charge in [0.05, 0.1) is 7.11 Å². The summed E-state index contributed by atoms with van der Waals surface area (Å²) >= 11 is 1.67. The molecule has 0 aromatic heterocycles. The Morgan fingerprint density at radius 2 is 2.00 bits per heavy atom. The molecule has 0 saturated carbocycles. The minimum Gasteiger partial charge on any atom is -0.469 e. The van der Waals surface area contributed by atoms with Crippen molar-refractivity contribution in [1.82, 2.24) is 0 Å². The molecule has 0 fully saturated rings. The maximum Gasteiger partial charge on any atom is 0.305 e. The smallest absolute Gasteiger partial charge is 0.305 e. The third kappa shape index (κ3) is 5.07. The fraction of sp³-hybridized carbons (Fsp3) is 0.467. The van der Waals surface area contributed by atoms with Crippen LogP contribution in [0.3, 0.4) is 0 Å². The maximum atomic E-state index is 12.2. The Morgan fingerprint density at radius 1 is 1.26 bits per heavy atom. The molecule has 1 rings (SSSR count). The zero-order valence-electron chi connectivity index (χ0n) is 11.7. The maximum absolute atomic E-state index is 12.2. The van der Waals surface area contributed by atoms with Gasteiger partial charge in [0.1, 0.15) is 0 Å². The number of hydrogen-bond donors (Lipinski definition) is 0. The molecule has 19 heavy (non-hydrogen) atoms. The first-order valence-corrected chi connectivity index (χ1v) is 7.40. The summed E-state index contributed by atoms with van der Waals surface area (Å²) in [6.45, 7) is 4.04. The van der Waals surface area contributed by atoms with E-state index in [0.717, 1.165) is 21.8 Å². The summed E-state index contributed by atoms with van der Waals surface area (Å²) in [5, 5.41) is 0. The van der Waals surface area contributed by atoms with Gasteiger partial charge in [-0.05, 0) is 31.2 Å². The second-order valence-electron chi connectivity index (χ2n) is 4.29. The quantitative estimate of drug-likeness (QED) is 0.434. The lowest BCUT2D eigenvalue weighted by Crippen LogP contribution is -2.05. The van der Waals surface area contributed by atoms with E-state index in [1.807, 2.05) is 25.1 Å². The molecule has 0 unspecified atom stereocenters. The van der Waals surface area contributed by atoms with Crippen molar-refractivity contribution in [2.45, 2.75) is 38.0 Å². The zero-order chi connectivity index (χ0) is 14.3. The Bertz CT molecular complexity index is 455. The lowest BCUT2D eigenvalue weighted by Gasteiger charge is -2.08. The molecule has 0 heterocycles. The molecule has 0 N–H and O–H groups in total. The average molecular weight is 280 g/mol. The number of hydrogen-bond acceptors (Lipinski definition) is 4. The molecule has 0 radical (unpaired) electrons. The largest absolute Gasteiger partial charge is 0.469 e. The molecule has 3 nitrogen and oxygen atoms in total. The Morgan fingerprint density at radius 3 is 2.63 bits per heavy atom. The van der Waals surface area contributed by atoms with Crippen LogP contribution >= 0.6 is 11.8 Å². The molecule has 0 amide bonds. The predicted octanol–water partition coefficient (Wildman–Crippen LogP) is 3.63. The van der Waals surface area contributed by atoms with Crippen LogP contribution in [-0.4, -0.2) is 24.6 Å². The number of Topliss-reactive ketones (excluding diaryl/α,β-unsaturated/α-hetero) is 1. The fourth-order valence-corrected chi connectivity index (χ4v) is 2.58. The monoisotopic (exact) mass is 280 g/mol. The molecule has 104 valence electrons. The number of esters is 1. The Balaban J connectivity index is 2.69. The highest BCUT2D eigenvalue weighted by molar-refractivity contribution is 7.99. The van der Waals surface area contributed by atoms with Crippen LogP contribution in [0.1, 0.15) is 42.1 Å². The first-order chi connectivity index (χ1) is 9.08. The molecule has 0 aliphatic rings. The van der Waals surface area contributed by atoms with Gasteiger partial charge in [-0.1, -0.05) is 18.6 Å². The van der Waals surface area contributed by atoms with Crippen LogP contribution in [0.5, 0.6) is 0 Å². The molecule has 0 bridgehead atoms. The van der Waals surface area contributed by atoms with E-state index in [2.05, 4.69) is 11.7 Å². The Kier molecular flexibility index (Phi) is 6.64. The second kappa shape index (κ2) is 8.00. The van der Waals surface area contributed by atoms with Crippen molar-refractivity contribution >= 4 is 23.5 Å². The molecule has 0 aliphatic heterocycles. The lowest BCUT2D eigenvalue weighted by molar-refractivity contribution is -0.140. The molecule has 0 spiro atoms. The average Bonchev–Trinajstić information content (AvgIpc) is 2.40. The topological polar surface area (TPSA) is 43.4 Å². The standard InChI is InChI=1S/C15H20O3S/c1-4-19-14-9-8-11(2)10-12(14)13(16)6-5-7-15(17)18-3/h8-10H,4-7H2,1-3H3. The van der Waals surface area contributed by atoms with Crippen LogP contribution in [0.15, 0.2) is 23.1 Å². The van der Waals surface area contributed by atoms with Gasteiger partial charge in [-0.25, -0.2) is 0 Å². The van der Waals surface area contributed by atoms with Gasteiger partial charge in [-0.2, -0.15) is 0 Å². The Labute approximate surface area is 118 Å². The molecule has 0 saturated heterocycles. The number of aryl methyl sites for hydroxylation is 1. The van der Waals surface area contributed by atoms with E-state index < -0.39 is 0 Å². The van der Waals surface area contributed by atoms with Gasteiger partial charge in [-0.3, -0.25) is 9.59 Å². The third-order valence-electron chi connectivity index (χ3n) is 2.75. The molecule has 1 aromatic rings. The summed E-state index contributed by atoms with van der Waals surface area (Å²) in [4.78, 5) is 24.2. The van der Waals surface area contributed by atoms with Gasteiger partial charge in [0.25, 0.3) is 0 Å². The van der Waals surface area contributed by atoms with E-state index in [0.29, 0.717) is 19.3 Å². The van der Waals surface area contributed by atoms with Crippen molar-refractivity contribution < 1.29 is 14.3 Å². The van der Waals surface area contributed by atoms with E-state index in [4.69, 9.17) is 0 Å². The molecule has 4 heteroatoms. The molecule has 1 aromatic carbocycles. The number of methoxy groups -OCH3 is 1. The van der Waals surface area contributed by atoms with E-state index >= 15 is 0 Å². The van der Waals surface area contributed by atoms with E-state index in [9.17, 15) is 9.59 Å². The van der Waals surface area contributed by atoms with Gasteiger partial charge in [-0.15, -0.1) is 11.8 Å². The first kappa shape index (κ1) is 15.8. The normalized spacial score (nSPS) is 10.3. The van der Waals surface area contributed by atoms with Crippen LogP contribution < -0.4 is 0 Å². The van der Waals surface area contributed by atoms with Crippen LogP contribution in [0, 0.1) is 6.92 Å². The summed E-state index contributed by atoms with van der Waals surface area (Å²) in [5.74, 6) is 0.773. The second-order valence-corrected chi connectivity index (χ2v) is 5.59. The number of carbonyl (C=O) groups excluding carboxylic acids is 2. The Hall–Kier alpha value is -1.29. The number of ether oxygens (including phenoxy) is 1. The van der Waals surface area contributed by atoms with E-state index in [1.165, 1.54) is 7.11 Å². The SMILES string of the molecule is CCSc1ccc(C)cc1C(=O)CCCC(=O)OC. The van der Waals surface area contributed by atoms with Crippen LogP contribution in [0.4, 0.5) is 0 Å². The van der Waals surface area contributed by atoms with Crippen LogP contribution in [0.25, 0.3) is 0 Å². The summed E-state index contributed by atoms with van der Waals surface area (Å²) in [6, 6.07) is 5.94. The molecular formula is C15H20O3S. The molecular weight excluding hydrogens is 260 g/mol. The van der Waals surface area contributed by atoms with Crippen molar-refractivity contribution in [3.63, 3.8) is 0 Å². The van der Waals surface area contributed by atoms with Gasteiger partial charge < -0.3 is 4.74 Å². The highest BCUT2D eigenvalue weighted by Gasteiger charge is 2.12. The van der Waals surface area contributed by atoms with Gasteiger partial charge in [0.2, 0.25) is 0 Å². The van der Waals surface area contributed by atoms with Crippen molar-refractivity contribution in [3.05, 3.63) is 29.3 Å². The number of benzene rings is 1. The number of thioether (sulfide) groups is 1. The van der Waals surface area contributed by atoms with Crippen molar-refractivity contribution in [2.24, 2.45) is 0 Å². The third-order valence-corrected chi connectivity index (χ3v) is 3.70. The minimum atomic E-state index is -0.264. The van der Waals surface area contributed by atoms with Crippen LogP contribution in [-0.2, 0) is 9.53 Å². The lowest BCUT2D eigenvalue weighted by atomic mass is 10.0. The zero-order valence-corrected chi connectivity index (χ0v) is 12.5. The number of rotatable bonds is 7. The van der Waals surface area contributed by atoms with Gasteiger partial charge in [0, 0.05) is 23.3 Å². The van der Waals surface area contributed by atoms with Crippen molar-refractivity contribution in [2.75, 3.05) is 12.9 Å². The van der Waals surface area contributed by atoms with E-state index in [-0.39, 0.29) is 11.8 Å². The highest BCUT2D eigenvalue weighted by atomic mass is 32.2. The van der Waals surface area contributed by atoms with Crippen molar-refractivity contribution in [3.8, 4) is 0 Å². The minimum absolute atomic E-state index is 0.101. The first-order valence-electron chi connectivity index (χ1n) is 6.42. The number of carbonyl (C=O) groups is 2. The molecule has 0 aliphatic carbocycles. The van der Waals surface area contributed by atoms with Crippen molar-refractivity contribution in [1.29, 1.82) is 0 Å². The fourth-order valence-electron chi connectivity index (χ4n) is 1.77. The summed E-state index contributed by atoms with van der Waals surface area (Å²) < 4.78 is 4.56. The van der Waals surface area contributed by atoms with Gasteiger partial charge >= 0.3 is 5.97 Å². The van der Waals surface area contributed by atoms with E-state index in [1.54, 1.807) is 11.8 Å². The highest BCUT2D eigenvalue weighted by Crippen LogP contribution is 2.25. The van der Waals surface area contributed by atoms with Crippen LogP contribution in [0.2, 0.25) is 0 Å². The predicted molar refractivity (Wildman–Crippen MR) is 77.8 cm³/mol. The number of ketones is 1. The summed E-state index contributed by atoms with van der Waals surface area (Å²) in [7, 11) is 1.36. The summed E-state index contributed by atoms with van der Waals surface area (Å²) in [6.07, 6.45) is 1.22. The molecule has 0 atom stereocenters.